The molecule has 1 unspecified atom stereocenters. The lowest BCUT2D eigenvalue weighted by molar-refractivity contribution is -0.150. The highest BCUT2D eigenvalue weighted by molar-refractivity contribution is 6.74. The maximum absolute atomic E-state index is 12.5. The van der Waals surface area contributed by atoms with Gasteiger partial charge in [-0.25, -0.2) is 4.79 Å². The lowest BCUT2D eigenvalue weighted by Gasteiger charge is -2.39. The normalized spacial score (nSPS) is 32.6. The number of fused-ring (bicyclic) bond motifs is 2. The van der Waals surface area contributed by atoms with Gasteiger partial charge in [0.15, 0.2) is 8.32 Å². The molecule has 0 aromatic carbocycles. The van der Waals surface area contributed by atoms with Crippen LogP contribution in [0, 0.1) is 0 Å². The zero-order valence-corrected chi connectivity index (χ0v) is 24.8. The number of esters is 1. The number of cyclic esters (lactones) is 1. The van der Waals surface area contributed by atoms with Crippen LogP contribution in [-0.2, 0) is 18.7 Å². The molecule has 2 heterocycles. The van der Waals surface area contributed by atoms with Crippen LogP contribution in [0.5, 0.6) is 0 Å². The topological polar surface area (TPSA) is 85.2 Å². The second-order valence-corrected chi connectivity index (χ2v) is 16.8. The highest BCUT2D eigenvalue weighted by Gasteiger charge is 2.38. The van der Waals surface area contributed by atoms with E-state index in [0.29, 0.717) is 12.8 Å². The third kappa shape index (κ3) is 10.5. The molecular formula is C30H48O6Si. The van der Waals surface area contributed by atoms with E-state index in [-0.39, 0.29) is 23.4 Å². The molecule has 2 aliphatic rings. The lowest BCUT2D eigenvalue weighted by Crippen LogP contribution is -2.43. The maximum Gasteiger partial charge on any atom is 0.331 e. The number of hydrogen-bond acceptors (Lipinski definition) is 6. The van der Waals surface area contributed by atoms with E-state index in [0.717, 1.165) is 36.0 Å². The van der Waals surface area contributed by atoms with Gasteiger partial charge in [-0.2, -0.15) is 0 Å². The van der Waals surface area contributed by atoms with E-state index < -0.39 is 33.1 Å². The third-order valence-corrected chi connectivity index (χ3v) is 11.9. The Kier molecular flexibility index (Phi) is 11.8. The van der Waals surface area contributed by atoms with Gasteiger partial charge in [-0.15, -0.1) is 0 Å². The van der Waals surface area contributed by atoms with Gasteiger partial charge in [-0.05, 0) is 57.7 Å². The molecule has 2 rings (SSSR count). The van der Waals surface area contributed by atoms with Crippen LogP contribution in [0.15, 0.2) is 59.8 Å². The average molecular weight is 533 g/mol. The second-order valence-electron chi connectivity index (χ2n) is 12.1. The standard InChI is InChI=1S/C30H48O6Si/c1-21-11-9-14-29(33)35-28(27(32)20-31)19-23(3)18-26-17-22(2)16-24(34-26)12-10-13-25(15-21)36-37(7,8)30(4,5)6/h9-11,13-14,18,24-28,31-32H,2,12,15-17,19-20H2,1,3-8H3/b13-10+,14-9+,21-11-,23-18+/t24-,25?,26-,27+,28-/m0/s1. The van der Waals surface area contributed by atoms with Crippen molar-refractivity contribution in [2.24, 2.45) is 0 Å². The molecule has 0 saturated carbocycles. The minimum absolute atomic E-state index is 0.0233. The largest absolute Gasteiger partial charge is 0.456 e. The van der Waals surface area contributed by atoms with Gasteiger partial charge >= 0.3 is 5.97 Å². The SMILES string of the molecule is C=C1C[C@@H]2C/C=C/C(O[Si](C)(C)C(C)(C)C)C/C(C)=C\C=C\C(=O)O[C@H]([C@H](O)CO)C/C(C)=C/[C@H](C1)O2. The molecule has 1 saturated heterocycles. The van der Waals surface area contributed by atoms with Crippen molar-refractivity contribution in [2.45, 2.75) is 115 Å². The molecule has 2 N–H and O–H groups in total. The summed E-state index contributed by atoms with van der Waals surface area (Å²) in [5.74, 6) is -0.563. The third-order valence-electron chi connectivity index (χ3n) is 7.39. The fraction of sp³-hybridized carbons (Fsp3) is 0.633. The maximum atomic E-state index is 12.5. The number of rotatable bonds is 4. The van der Waals surface area contributed by atoms with Gasteiger partial charge in [0.05, 0.1) is 24.9 Å². The van der Waals surface area contributed by atoms with Crippen LogP contribution in [0.4, 0.5) is 0 Å². The van der Waals surface area contributed by atoms with Crippen molar-refractivity contribution in [1.82, 2.24) is 0 Å². The minimum atomic E-state index is -2.00. The molecule has 0 aliphatic carbocycles. The Morgan fingerprint density at radius 3 is 2.51 bits per heavy atom. The van der Waals surface area contributed by atoms with Crippen molar-refractivity contribution < 1.29 is 28.9 Å². The summed E-state index contributed by atoms with van der Waals surface area (Å²) in [6.07, 6.45) is 12.4. The number of aliphatic hydroxyl groups is 2. The Bertz CT molecular complexity index is 908. The van der Waals surface area contributed by atoms with E-state index >= 15 is 0 Å². The van der Waals surface area contributed by atoms with Crippen LogP contribution in [0.3, 0.4) is 0 Å². The number of hydrogen-bond donors (Lipinski definition) is 2. The fourth-order valence-electron chi connectivity index (χ4n) is 4.30. The van der Waals surface area contributed by atoms with Crippen LogP contribution in [0.1, 0.15) is 66.7 Å². The van der Waals surface area contributed by atoms with Crippen molar-refractivity contribution in [3.63, 3.8) is 0 Å². The Balaban J connectivity index is 2.37. The van der Waals surface area contributed by atoms with Crippen molar-refractivity contribution in [3.05, 3.63) is 59.8 Å². The van der Waals surface area contributed by atoms with Gasteiger partial charge in [0.25, 0.3) is 0 Å². The Morgan fingerprint density at radius 2 is 1.86 bits per heavy atom. The number of carbonyl (C=O) groups excluding carboxylic acids is 1. The molecule has 7 heteroatoms. The van der Waals surface area contributed by atoms with E-state index in [1.54, 1.807) is 6.08 Å². The van der Waals surface area contributed by atoms with Gasteiger partial charge in [0.2, 0.25) is 0 Å². The molecule has 2 aliphatic heterocycles. The highest BCUT2D eigenvalue weighted by atomic mass is 28.4. The first-order chi connectivity index (χ1) is 17.2. The molecule has 208 valence electrons. The van der Waals surface area contributed by atoms with Gasteiger partial charge in [0, 0.05) is 12.5 Å². The molecule has 37 heavy (non-hydrogen) atoms. The van der Waals surface area contributed by atoms with Crippen LogP contribution in [-0.4, -0.2) is 61.6 Å². The first kappa shape index (κ1) is 31.4. The number of aliphatic hydroxyl groups excluding tert-OH is 2. The van der Waals surface area contributed by atoms with E-state index in [9.17, 15) is 15.0 Å². The van der Waals surface area contributed by atoms with Gasteiger partial charge in [-0.3, -0.25) is 0 Å². The highest BCUT2D eigenvalue weighted by Crippen LogP contribution is 2.38. The van der Waals surface area contributed by atoms with Crippen molar-refractivity contribution in [2.75, 3.05) is 6.61 Å². The zero-order valence-electron chi connectivity index (χ0n) is 23.8. The summed E-state index contributed by atoms with van der Waals surface area (Å²) in [5.41, 5.74) is 3.14. The van der Waals surface area contributed by atoms with E-state index in [1.165, 1.54) is 6.08 Å². The molecule has 0 aromatic rings. The molecule has 0 spiro atoms. The number of ether oxygens (including phenoxy) is 2. The van der Waals surface area contributed by atoms with Crippen LogP contribution >= 0.6 is 0 Å². The summed E-state index contributed by atoms with van der Waals surface area (Å²) < 4.78 is 18.6. The van der Waals surface area contributed by atoms with E-state index in [1.807, 2.05) is 26.0 Å². The molecule has 0 aromatic heterocycles. The number of carbonyl (C=O) groups is 1. The van der Waals surface area contributed by atoms with Crippen LogP contribution in [0.2, 0.25) is 18.1 Å². The minimum Gasteiger partial charge on any atom is -0.456 e. The summed E-state index contributed by atoms with van der Waals surface area (Å²) in [7, 11) is -2.00. The lowest BCUT2D eigenvalue weighted by atomic mass is 9.95. The number of allylic oxidation sites excluding steroid dienone is 2. The molecule has 5 atom stereocenters. The van der Waals surface area contributed by atoms with E-state index in [4.69, 9.17) is 13.9 Å². The van der Waals surface area contributed by atoms with Crippen molar-refractivity contribution in [1.29, 1.82) is 0 Å². The summed E-state index contributed by atoms with van der Waals surface area (Å²) in [5, 5.41) is 19.8. The second kappa shape index (κ2) is 13.9. The van der Waals surface area contributed by atoms with Gasteiger partial charge in [0.1, 0.15) is 12.2 Å². The van der Waals surface area contributed by atoms with Crippen molar-refractivity contribution >= 4 is 14.3 Å². The summed E-state index contributed by atoms with van der Waals surface area (Å²) >= 11 is 0. The Hall–Kier alpha value is -1.77. The average Bonchev–Trinajstić information content (AvgIpc) is 2.76. The van der Waals surface area contributed by atoms with Crippen LogP contribution < -0.4 is 0 Å². The van der Waals surface area contributed by atoms with Gasteiger partial charge in [-0.1, -0.05) is 74.4 Å². The van der Waals surface area contributed by atoms with E-state index in [2.05, 4.69) is 52.6 Å². The molecule has 1 fully saturated rings. The zero-order chi connectivity index (χ0) is 27.8. The quantitative estimate of drug-likeness (QED) is 0.265. The van der Waals surface area contributed by atoms with Crippen LogP contribution in [0.25, 0.3) is 0 Å². The summed E-state index contributed by atoms with van der Waals surface area (Å²) in [6.45, 7) is 18.9. The smallest absolute Gasteiger partial charge is 0.331 e. The molecule has 0 radical (unpaired) electrons. The predicted molar refractivity (Wildman–Crippen MR) is 152 cm³/mol. The fourth-order valence-corrected chi connectivity index (χ4v) is 5.57. The van der Waals surface area contributed by atoms with Crippen molar-refractivity contribution in [3.8, 4) is 0 Å². The predicted octanol–water partition coefficient (Wildman–Crippen LogP) is 5.93. The Morgan fingerprint density at radius 1 is 1.16 bits per heavy atom. The molecule has 2 bridgehead atoms. The monoisotopic (exact) mass is 532 g/mol. The molecule has 6 nitrogen and oxygen atoms in total. The summed E-state index contributed by atoms with van der Waals surface area (Å²) in [6, 6.07) is 0. The Labute approximate surface area is 224 Å². The first-order valence-corrected chi connectivity index (χ1v) is 16.3. The molecular weight excluding hydrogens is 484 g/mol. The molecule has 0 amide bonds. The van der Waals surface area contributed by atoms with Gasteiger partial charge < -0.3 is 24.1 Å². The summed E-state index contributed by atoms with van der Waals surface area (Å²) in [4.78, 5) is 12.5. The first-order valence-electron chi connectivity index (χ1n) is 13.4.